The van der Waals surface area contributed by atoms with Crippen molar-refractivity contribution in [3.8, 4) is 5.75 Å². The number of aryl methyl sites for hydroxylation is 1. The number of hydrogen-bond donors (Lipinski definition) is 0. The van der Waals surface area contributed by atoms with Crippen molar-refractivity contribution in [2.24, 2.45) is 0 Å². The molecule has 1 heterocycles. The quantitative estimate of drug-likeness (QED) is 0.804. The molecular weight excluding hydrogens is 224 g/mol. The van der Waals surface area contributed by atoms with E-state index in [1.165, 1.54) is 18.4 Å². The van der Waals surface area contributed by atoms with Crippen LogP contribution in [0.15, 0.2) is 18.5 Å². The molecule has 1 fully saturated rings. The second-order valence-electron chi connectivity index (χ2n) is 4.34. The molecule has 0 N–H and O–H groups in total. The van der Waals surface area contributed by atoms with E-state index in [4.69, 9.17) is 4.74 Å². The fraction of sp³-hybridized carbons (Fsp3) is 0.467. The van der Waals surface area contributed by atoms with Crippen LogP contribution in [0, 0.1) is 6.92 Å². The normalized spacial score (nSPS) is 14.0. The molecule has 0 atom stereocenters. The molecule has 2 aromatic rings. The average Bonchev–Trinajstić information content (AvgIpc) is 3.24. The van der Waals surface area contributed by atoms with E-state index in [9.17, 15) is 0 Å². The summed E-state index contributed by atoms with van der Waals surface area (Å²) < 4.78 is 5.43. The van der Waals surface area contributed by atoms with Crippen molar-refractivity contribution in [1.82, 2.24) is 9.97 Å². The summed E-state index contributed by atoms with van der Waals surface area (Å²) in [5.74, 6) is 1.65. The first-order chi connectivity index (χ1) is 8.79. The van der Waals surface area contributed by atoms with E-state index in [2.05, 4.69) is 16.0 Å². The van der Waals surface area contributed by atoms with Crippen LogP contribution in [0.2, 0.25) is 0 Å². The first-order valence-electron chi connectivity index (χ1n) is 6.59. The fourth-order valence-electron chi connectivity index (χ4n) is 2.12. The second-order valence-corrected chi connectivity index (χ2v) is 4.34. The van der Waals surface area contributed by atoms with Gasteiger partial charge < -0.3 is 4.74 Å². The lowest BCUT2D eigenvalue weighted by Gasteiger charge is -2.09. The molecule has 1 aromatic carbocycles. The first kappa shape index (κ1) is 12.8. The Morgan fingerprint density at radius 2 is 1.89 bits per heavy atom. The third-order valence-electron chi connectivity index (χ3n) is 3.20. The molecule has 1 saturated carbocycles. The van der Waals surface area contributed by atoms with Gasteiger partial charge in [0.25, 0.3) is 0 Å². The number of methoxy groups -OCH3 is 1. The van der Waals surface area contributed by atoms with Gasteiger partial charge in [-0.2, -0.15) is 0 Å². The van der Waals surface area contributed by atoms with Crippen LogP contribution >= 0.6 is 0 Å². The van der Waals surface area contributed by atoms with Gasteiger partial charge in [0.05, 0.1) is 12.6 Å². The zero-order chi connectivity index (χ0) is 13.1. The van der Waals surface area contributed by atoms with Crippen molar-refractivity contribution in [2.75, 3.05) is 7.11 Å². The SMILES string of the molecule is CC.COc1cc2ncnc(C)c2cc1C1CC1. The molecule has 18 heavy (non-hydrogen) atoms. The van der Waals surface area contributed by atoms with Crippen LogP contribution in [0.5, 0.6) is 5.75 Å². The summed E-state index contributed by atoms with van der Waals surface area (Å²) in [6.07, 6.45) is 4.15. The van der Waals surface area contributed by atoms with E-state index < -0.39 is 0 Å². The molecule has 3 heteroatoms. The molecule has 3 nitrogen and oxygen atoms in total. The smallest absolute Gasteiger partial charge is 0.124 e. The largest absolute Gasteiger partial charge is 0.496 e. The van der Waals surface area contributed by atoms with Crippen molar-refractivity contribution >= 4 is 10.9 Å². The maximum Gasteiger partial charge on any atom is 0.124 e. The van der Waals surface area contributed by atoms with Crippen LogP contribution in [0.3, 0.4) is 0 Å². The molecule has 0 radical (unpaired) electrons. The molecule has 0 spiro atoms. The lowest BCUT2D eigenvalue weighted by atomic mass is 10.1. The summed E-state index contributed by atoms with van der Waals surface area (Å²) in [7, 11) is 1.72. The summed E-state index contributed by atoms with van der Waals surface area (Å²) in [5, 5.41) is 1.14. The summed E-state index contributed by atoms with van der Waals surface area (Å²) in [6.45, 7) is 6.02. The van der Waals surface area contributed by atoms with Gasteiger partial charge in [-0.05, 0) is 37.3 Å². The van der Waals surface area contributed by atoms with Crippen LogP contribution in [-0.2, 0) is 0 Å². The van der Waals surface area contributed by atoms with Crippen LogP contribution in [-0.4, -0.2) is 17.1 Å². The van der Waals surface area contributed by atoms with Crippen molar-refractivity contribution in [1.29, 1.82) is 0 Å². The predicted molar refractivity (Wildman–Crippen MR) is 74.2 cm³/mol. The molecule has 0 unspecified atom stereocenters. The topological polar surface area (TPSA) is 35.0 Å². The van der Waals surface area contributed by atoms with Gasteiger partial charge in [0, 0.05) is 17.1 Å². The Morgan fingerprint density at radius 3 is 2.50 bits per heavy atom. The number of nitrogens with zero attached hydrogens (tertiary/aromatic N) is 2. The summed E-state index contributed by atoms with van der Waals surface area (Å²) >= 11 is 0. The Hall–Kier alpha value is -1.64. The maximum absolute atomic E-state index is 5.43. The third-order valence-corrected chi connectivity index (χ3v) is 3.20. The molecule has 0 aliphatic heterocycles. The van der Waals surface area contributed by atoms with Gasteiger partial charge in [-0.25, -0.2) is 9.97 Å². The van der Waals surface area contributed by atoms with E-state index in [1.807, 2.05) is 26.8 Å². The van der Waals surface area contributed by atoms with Gasteiger partial charge in [0.15, 0.2) is 0 Å². The highest BCUT2D eigenvalue weighted by Gasteiger charge is 2.27. The minimum absolute atomic E-state index is 0.680. The van der Waals surface area contributed by atoms with E-state index in [0.29, 0.717) is 5.92 Å². The van der Waals surface area contributed by atoms with E-state index in [1.54, 1.807) is 13.4 Å². The standard InChI is InChI=1S/C13H14N2O.C2H6/c1-8-10-5-11(9-3-4-9)13(16-2)6-12(10)15-7-14-8;1-2/h5-7,9H,3-4H2,1-2H3;1-2H3. The Morgan fingerprint density at radius 1 is 1.17 bits per heavy atom. The van der Waals surface area contributed by atoms with Crippen molar-refractivity contribution < 1.29 is 4.74 Å². The minimum Gasteiger partial charge on any atom is -0.496 e. The number of benzene rings is 1. The minimum atomic E-state index is 0.680. The maximum atomic E-state index is 5.43. The number of hydrogen-bond acceptors (Lipinski definition) is 3. The molecule has 1 aromatic heterocycles. The first-order valence-corrected chi connectivity index (χ1v) is 6.59. The second kappa shape index (κ2) is 5.34. The Balaban J connectivity index is 0.000000574. The van der Waals surface area contributed by atoms with Gasteiger partial charge in [0.2, 0.25) is 0 Å². The third kappa shape index (κ3) is 2.30. The molecule has 3 rings (SSSR count). The van der Waals surface area contributed by atoms with Crippen molar-refractivity contribution in [3.63, 3.8) is 0 Å². The zero-order valence-electron chi connectivity index (χ0n) is 11.5. The van der Waals surface area contributed by atoms with Crippen molar-refractivity contribution in [3.05, 3.63) is 29.7 Å². The average molecular weight is 244 g/mol. The van der Waals surface area contributed by atoms with Crippen LogP contribution in [0.25, 0.3) is 10.9 Å². The number of fused-ring (bicyclic) bond motifs is 1. The highest BCUT2D eigenvalue weighted by atomic mass is 16.5. The number of aromatic nitrogens is 2. The fourth-order valence-corrected chi connectivity index (χ4v) is 2.12. The molecule has 0 bridgehead atoms. The van der Waals surface area contributed by atoms with Crippen LogP contribution < -0.4 is 4.74 Å². The number of ether oxygens (including phenoxy) is 1. The Labute approximate surface area is 108 Å². The molecular formula is C15H20N2O. The lowest BCUT2D eigenvalue weighted by molar-refractivity contribution is 0.410. The van der Waals surface area contributed by atoms with Gasteiger partial charge in [-0.3, -0.25) is 0 Å². The molecule has 1 aliphatic carbocycles. The summed E-state index contributed by atoms with van der Waals surface area (Å²) in [6, 6.07) is 4.22. The van der Waals surface area contributed by atoms with Gasteiger partial charge in [-0.15, -0.1) is 0 Å². The van der Waals surface area contributed by atoms with E-state index in [-0.39, 0.29) is 0 Å². The van der Waals surface area contributed by atoms with E-state index in [0.717, 1.165) is 22.3 Å². The number of rotatable bonds is 2. The Bertz CT molecular complexity index is 547. The zero-order valence-corrected chi connectivity index (χ0v) is 11.5. The monoisotopic (exact) mass is 244 g/mol. The summed E-state index contributed by atoms with van der Waals surface area (Å²) in [4.78, 5) is 8.51. The van der Waals surface area contributed by atoms with Crippen molar-refractivity contribution in [2.45, 2.75) is 39.5 Å². The molecule has 0 amide bonds. The van der Waals surface area contributed by atoms with Gasteiger partial charge in [-0.1, -0.05) is 13.8 Å². The Kier molecular flexibility index (Phi) is 3.80. The van der Waals surface area contributed by atoms with Gasteiger partial charge >= 0.3 is 0 Å². The summed E-state index contributed by atoms with van der Waals surface area (Å²) in [5.41, 5.74) is 3.32. The molecule has 0 saturated heterocycles. The molecule has 1 aliphatic rings. The lowest BCUT2D eigenvalue weighted by Crippen LogP contribution is -1.94. The van der Waals surface area contributed by atoms with E-state index >= 15 is 0 Å². The van der Waals surface area contributed by atoms with Gasteiger partial charge in [0.1, 0.15) is 12.1 Å². The highest BCUT2D eigenvalue weighted by Crippen LogP contribution is 2.45. The molecule has 96 valence electrons. The predicted octanol–water partition coefficient (Wildman–Crippen LogP) is 3.85. The van der Waals surface area contributed by atoms with Crippen LogP contribution in [0.1, 0.15) is 43.9 Å². The highest BCUT2D eigenvalue weighted by molar-refractivity contribution is 5.83. The van der Waals surface area contributed by atoms with Crippen LogP contribution in [0.4, 0.5) is 0 Å².